The first-order valence-electron chi connectivity index (χ1n) is 4.50. The number of aryl methyl sites for hydroxylation is 1. The van der Waals surface area contributed by atoms with Crippen LogP contribution in [0.3, 0.4) is 0 Å². The van der Waals surface area contributed by atoms with E-state index in [1.165, 1.54) is 11.1 Å². The molecule has 0 aromatic heterocycles. The van der Waals surface area contributed by atoms with Gasteiger partial charge in [0, 0.05) is 17.5 Å². The van der Waals surface area contributed by atoms with Crippen molar-refractivity contribution in [3.8, 4) is 0 Å². The summed E-state index contributed by atoms with van der Waals surface area (Å²) in [6.45, 7) is 5.74. The molecule has 0 radical (unpaired) electrons. The monoisotopic (exact) mass is 205 g/mol. The first kappa shape index (κ1) is 10.9. The molecule has 0 unspecified atom stereocenters. The SMILES string of the molecule is C=C/C=C\c1c(C)ccc(S)c1NC. The van der Waals surface area contributed by atoms with E-state index in [1.54, 1.807) is 6.08 Å². The van der Waals surface area contributed by atoms with Crippen LogP contribution in [0.15, 0.2) is 35.8 Å². The van der Waals surface area contributed by atoms with E-state index in [-0.39, 0.29) is 0 Å². The molecule has 0 aliphatic carbocycles. The molecule has 0 heterocycles. The quantitative estimate of drug-likeness (QED) is 0.568. The third kappa shape index (κ3) is 2.20. The Bertz CT molecular complexity index is 367. The molecule has 1 N–H and O–H groups in total. The van der Waals surface area contributed by atoms with Gasteiger partial charge in [0.25, 0.3) is 0 Å². The molecule has 0 saturated carbocycles. The van der Waals surface area contributed by atoms with Crippen LogP contribution in [0.2, 0.25) is 0 Å². The minimum Gasteiger partial charge on any atom is -0.387 e. The second-order valence-corrected chi connectivity index (χ2v) is 3.52. The molecule has 0 aliphatic rings. The van der Waals surface area contributed by atoms with Crippen molar-refractivity contribution >= 4 is 24.4 Å². The van der Waals surface area contributed by atoms with Gasteiger partial charge in [0.1, 0.15) is 0 Å². The van der Waals surface area contributed by atoms with Crippen molar-refractivity contribution in [1.29, 1.82) is 0 Å². The molecule has 1 nitrogen and oxygen atoms in total. The van der Waals surface area contributed by atoms with Gasteiger partial charge in [0.05, 0.1) is 5.69 Å². The third-order valence-electron chi connectivity index (χ3n) is 2.09. The van der Waals surface area contributed by atoms with Crippen LogP contribution in [-0.4, -0.2) is 7.05 Å². The van der Waals surface area contributed by atoms with Crippen molar-refractivity contribution in [3.63, 3.8) is 0 Å². The van der Waals surface area contributed by atoms with Crippen LogP contribution in [0.5, 0.6) is 0 Å². The fourth-order valence-electron chi connectivity index (χ4n) is 1.35. The summed E-state index contributed by atoms with van der Waals surface area (Å²) < 4.78 is 0. The lowest BCUT2D eigenvalue weighted by Gasteiger charge is -2.11. The lowest BCUT2D eigenvalue weighted by Crippen LogP contribution is -1.95. The molecule has 0 aliphatic heterocycles. The summed E-state index contributed by atoms with van der Waals surface area (Å²) in [5, 5.41) is 3.15. The highest BCUT2D eigenvalue weighted by Gasteiger charge is 2.04. The van der Waals surface area contributed by atoms with Crippen molar-refractivity contribution in [1.82, 2.24) is 0 Å². The Morgan fingerprint density at radius 3 is 2.71 bits per heavy atom. The molecule has 0 bridgehead atoms. The zero-order valence-corrected chi connectivity index (χ0v) is 9.44. The van der Waals surface area contributed by atoms with Crippen LogP contribution in [0.4, 0.5) is 5.69 Å². The van der Waals surface area contributed by atoms with E-state index in [2.05, 4.69) is 37.5 Å². The number of hydrogen-bond donors (Lipinski definition) is 2. The summed E-state index contributed by atoms with van der Waals surface area (Å²) in [5.74, 6) is 0. The van der Waals surface area contributed by atoms with E-state index in [0.29, 0.717) is 0 Å². The first-order valence-corrected chi connectivity index (χ1v) is 4.95. The number of benzene rings is 1. The van der Waals surface area contributed by atoms with Crippen LogP contribution < -0.4 is 5.32 Å². The largest absolute Gasteiger partial charge is 0.387 e. The van der Waals surface area contributed by atoms with E-state index < -0.39 is 0 Å². The van der Waals surface area contributed by atoms with Crippen molar-refractivity contribution in [2.45, 2.75) is 11.8 Å². The molecular formula is C12H15NS. The Balaban J connectivity index is 3.29. The predicted octanol–water partition coefficient (Wildman–Crippen LogP) is 3.52. The van der Waals surface area contributed by atoms with Crippen LogP contribution in [-0.2, 0) is 0 Å². The van der Waals surface area contributed by atoms with E-state index in [0.717, 1.165) is 10.6 Å². The molecular weight excluding hydrogens is 190 g/mol. The van der Waals surface area contributed by atoms with Crippen LogP contribution >= 0.6 is 12.6 Å². The second kappa shape index (κ2) is 4.91. The average molecular weight is 205 g/mol. The molecule has 1 aromatic rings. The topological polar surface area (TPSA) is 12.0 Å². The Kier molecular flexibility index (Phi) is 3.84. The van der Waals surface area contributed by atoms with E-state index in [4.69, 9.17) is 0 Å². The van der Waals surface area contributed by atoms with Crippen LogP contribution in [0, 0.1) is 6.92 Å². The molecule has 1 aromatic carbocycles. The summed E-state index contributed by atoms with van der Waals surface area (Å²) in [4.78, 5) is 0.960. The number of anilines is 1. The Morgan fingerprint density at radius 2 is 2.14 bits per heavy atom. The van der Waals surface area contributed by atoms with Gasteiger partial charge in [-0.15, -0.1) is 12.6 Å². The molecule has 0 spiro atoms. The fourth-order valence-corrected chi connectivity index (χ4v) is 1.66. The van der Waals surface area contributed by atoms with Gasteiger partial charge >= 0.3 is 0 Å². The van der Waals surface area contributed by atoms with Crippen LogP contribution in [0.25, 0.3) is 6.08 Å². The van der Waals surface area contributed by atoms with Gasteiger partial charge in [-0.05, 0) is 18.6 Å². The zero-order chi connectivity index (χ0) is 10.6. The maximum absolute atomic E-state index is 4.39. The normalized spacial score (nSPS) is 10.5. The summed E-state index contributed by atoms with van der Waals surface area (Å²) in [6, 6.07) is 4.06. The van der Waals surface area contributed by atoms with Crippen molar-refractivity contribution in [2.75, 3.05) is 12.4 Å². The number of allylic oxidation sites excluding steroid dienone is 2. The molecule has 1 rings (SSSR count). The molecule has 14 heavy (non-hydrogen) atoms. The van der Waals surface area contributed by atoms with Gasteiger partial charge in [-0.3, -0.25) is 0 Å². The van der Waals surface area contributed by atoms with E-state index >= 15 is 0 Å². The van der Waals surface area contributed by atoms with Gasteiger partial charge in [-0.1, -0.05) is 30.9 Å². The number of rotatable bonds is 3. The smallest absolute Gasteiger partial charge is 0.0549 e. The molecule has 0 atom stereocenters. The number of hydrogen-bond acceptors (Lipinski definition) is 2. The van der Waals surface area contributed by atoms with Gasteiger partial charge < -0.3 is 5.32 Å². The molecule has 0 saturated heterocycles. The number of thiol groups is 1. The predicted molar refractivity (Wildman–Crippen MR) is 67.2 cm³/mol. The van der Waals surface area contributed by atoms with Gasteiger partial charge in [-0.25, -0.2) is 0 Å². The fraction of sp³-hybridized carbons (Fsp3) is 0.167. The summed E-state index contributed by atoms with van der Waals surface area (Å²) in [5.41, 5.74) is 3.46. The lowest BCUT2D eigenvalue weighted by molar-refractivity contribution is 1.32. The summed E-state index contributed by atoms with van der Waals surface area (Å²) in [6.07, 6.45) is 5.73. The standard InChI is InChI=1S/C12H15NS/c1-4-5-6-10-9(2)7-8-11(14)12(10)13-3/h4-8,13-14H,1H2,2-3H3/b6-5-. The maximum atomic E-state index is 4.39. The minimum atomic E-state index is 0.960. The van der Waals surface area contributed by atoms with Crippen molar-refractivity contribution < 1.29 is 0 Å². The third-order valence-corrected chi connectivity index (χ3v) is 2.46. The Hall–Kier alpha value is -1.15. The molecule has 74 valence electrons. The first-order chi connectivity index (χ1) is 6.70. The van der Waals surface area contributed by atoms with Gasteiger partial charge in [0.15, 0.2) is 0 Å². The van der Waals surface area contributed by atoms with Gasteiger partial charge in [0.2, 0.25) is 0 Å². The second-order valence-electron chi connectivity index (χ2n) is 3.04. The summed E-state index contributed by atoms with van der Waals surface area (Å²) in [7, 11) is 1.90. The highest BCUT2D eigenvalue weighted by molar-refractivity contribution is 7.80. The van der Waals surface area contributed by atoms with E-state index in [9.17, 15) is 0 Å². The van der Waals surface area contributed by atoms with Gasteiger partial charge in [-0.2, -0.15) is 0 Å². The van der Waals surface area contributed by atoms with Crippen LogP contribution in [0.1, 0.15) is 11.1 Å². The number of nitrogens with one attached hydrogen (secondary N) is 1. The van der Waals surface area contributed by atoms with Crippen molar-refractivity contribution in [2.24, 2.45) is 0 Å². The zero-order valence-electron chi connectivity index (χ0n) is 8.54. The highest BCUT2D eigenvalue weighted by Crippen LogP contribution is 2.28. The maximum Gasteiger partial charge on any atom is 0.0549 e. The minimum absolute atomic E-state index is 0.960. The Morgan fingerprint density at radius 1 is 1.43 bits per heavy atom. The average Bonchev–Trinajstić information content (AvgIpc) is 2.19. The highest BCUT2D eigenvalue weighted by atomic mass is 32.1. The molecule has 2 heteroatoms. The Labute approximate surface area is 90.9 Å². The van der Waals surface area contributed by atoms with Crippen molar-refractivity contribution in [3.05, 3.63) is 42.0 Å². The molecule has 0 amide bonds. The molecule has 0 fully saturated rings. The van der Waals surface area contributed by atoms with E-state index in [1.807, 2.05) is 25.3 Å². The lowest BCUT2D eigenvalue weighted by atomic mass is 10.1. The summed E-state index contributed by atoms with van der Waals surface area (Å²) >= 11 is 4.39.